The second kappa shape index (κ2) is 7.00. The van der Waals surface area contributed by atoms with E-state index in [0.29, 0.717) is 12.4 Å². The predicted molar refractivity (Wildman–Crippen MR) is 103 cm³/mol. The highest BCUT2D eigenvalue weighted by atomic mass is 32.1. The Bertz CT molecular complexity index is 941. The number of ether oxygens (including phenoxy) is 1. The van der Waals surface area contributed by atoms with Crippen molar-refractivity contribution in [3.8, 4) is 17.1 Å². The molecule has 2 heterocycles. The Labute approximate surface area is 150 Å². The summed E-state index contributed by atoms with van der Waals surface area (Å²) >= 11 is 1.69. The standard InChI is InChI=1S/C20H22N2O2S/c1-2-12-24-14-10-8-13(9-11-14)18-21-19(23)17-15-6-4-3-5-7-16(15)25-20(17)22-18/h8-11H,2-7,12H2,1H3,(H,21,22,23). The van der Waals surface area contributed by atoms with E-state index in [1.54, 1.807) is 11.3 Å². The number of hydrogen-bond acceptors (Lipinski definition) is 4. The maximum atomic E-state index is 12.7. The largest absolute Gasteiger partial charge is 0.494 e. The molecule has 0 saturated carbocycles. The molecule has 2 aromatic heterocycles. The minimum Gasteiger partial charge on any atom is -0.494 e. The fraction of sp³-hybridized carbons (Fsp3) is 0.400. The Morgan fingerprint density at radius 1 is 1.16 bits per heavy atom. The molecular formula is C20H22N2O2S. The fourth-order valence-corrected chi connectivity index (χ4v) is 4.67. The lowest BCUT2D eigenvalue weighted by Crippen LogP contribution is -2.10. The van der Waals surface area contributed by atoms with E-state index in [4.69, 9.17) is 9.72 Å². The van der Waals surface area contributed by atoms with Crippen LogP contribution >= 0.6 is 11.3 Å². The average Bonchev–Trinajstić information content (AvgIpc) is 2.82. The summed E-state index contributed by atoms with van der Waals surface area (Å²) in [5.74, 6) is 1.48. The van der Waals surface area contributed by atoms with Crippen LogP contribution in [0, 0.1) is 0 Å². The number of hydrogen-bond donors (Lipinski definition) is 1. The Morgan fingerprint density at radius 3 is 2.76 bits per heavy atom. The average molecular weight is 354 g/mol. The first kappa shape index (κ1) is 16.3. The zero-order chi connectivity index (χ0) is 17.2. The van der Waals surface area contributed by atoms with Crippen molar-refractivity contribution >= 4 is 21.6 Å². The normalized spacial score (nSPS) is 14.3. The molecule has 0 bridgehead atoms. The zero-order valence-electron chi connectivity index (χ0n) is 14.4. The summed E-state index contributed by atoms with van der Waals surface area (Å²) < 4.78 is 5.62. The van der Waals surface area contributed by atoms with Gasteiger partial charge in [0.05, 0.1) is 12.0 Å². The molecule has 3 aromatic rings. The number of benzene rings is 1. The van der Waals surface area contributed by atoms with Gasteiger partial charge in [-0.2, -0.15) is 0 Å². The molecule has 4 rings (SSSR count). The van der Waals surface area contributed by atoms with E-state index < -0.39 is 0 Å². The van der Waals surface area contributed by atoms with Crippen molar-refractivity contribution in [3.63, 3.8) is 0 Å². The van der Waals surface area contributed by atoms with Gasteiger partial charge < -0.3 is 9.72 Å². The summed E-state index contributed by atoms with van der Waals surface area (Å²) in [6.07, 6.45) is 6.69. The highest BCUT2D eigenvalue weighted by molar-refractivity contribution is 7.18. The fourth-order valence-electron chi connectivity index (χ4n) is 3.41. The Morgan fingerprint density at radius 2 is 1.96 bits per heavy atom. The predicted octanol–water partition coefficient (Wildman–Crippen LogP) is 4.71. The number of H-pyrrole nitrogens is 1. The van der Waals surface area contributed by atoms with Gasteiger partial charge in [-0.1, -0.05) is 13.3 Å². The molecule has 0 amide bonds. The third-order valence-electron chi connectivity index (χ3n) is 4.68. The van der Waals surface area contributed by atoms with Crippen LogP contribution in [0.5, 0.6) is 5.75 Å². The van der Waals surface area contributed by atoms with Gasteiger partial charge >= 0.3 is 0 Å². The molecule has 1 aliphatic carbocycles. The SMILES string of the molecule is CCCOc1ccc(-c2nc3sc4c(c3c(=O)[nH]2)CCCCC4)cc1. The highest BCUT2D eigenvalue weighted by Gasteiger charge is 2.19. The molecule has 0 spiro atoms. The van der Waals surface area contributed by atoms with Crippen molar-refractivity contribution in [2.45, 2.75) is 45.4 Å². The van der Waals surface area contributed by atoms with Crippen molar-refractivity contribution in [2.75, 3.05) is 6.61 Å². The monoisotopic (exact) mass is 354 g/mol. The van der Waals surface area contributed by atoms with Crippen LogP contribution < -0.4 is 10.3 Å². The van der Waals surface area contributed by atoms with Gasteiger partial charge in [-0.25, -0.2) is 4.98 Å². The van der Waals surface area contributed by atoms with E-state index >= 15 is 0 Å². The van der Waals surface area contributed by atoms with Gasteiger partial charge in [0.15, 0.2) is 0 Å². The van der Waals surface area contributed by atoms with Crippen LogP contribution in [0.25, 0.3) is 21.6 Å². The maximum Gasteiger partial charge on any atom is 0.260 e. The summed E-state index contributed by atoms with van der Waals surface area (Å²) in [4.78, 5) is 22.7. The van der Waals surface area contributed by atoms with Crippen LogP contribution in [-0.4, -0.2) is 16.6 Å². The molecule has 1 aromatic carbocycles. The van der Waals surface area contributed by atoms with Gasteiger partial charge in [-0.05, 0) is 61.9 Å². The van der Waals surface area contributed by atoms with E-state index in [2.05, 4.69) is 11.9 Å². The van der Waals surface area contributed by atoms with Crippen molar-refractivity contribution in [1.82, 2.24) is 9.97 Å². The van der Waals surface area contributed by atoms with E-state index in [1.807, 2.05) is 24.3 Å². The first-order valence-electron chi connectivity index (χ1n) is 9.04. The summed E-state index contributed by atoms with van der Waals surface area (Å²) in [6, 6.07) is 7.76. The highest BCUT2D eigenvalue weighted by Crippen LogP contribution is 2.33. The van der Waals surface area contributed by atoms with Crippen LogP contribution in [0.15, 0.2) is 29.1 Å². The molecule has 5 heteroatoms. The summed E-state index contributed by atoms with van der Waals surface area (Å²) in [5.41, 5.74) is 2.14. The number of aryl methyl sites for hydroxylation is 2. The van der Waals surface area contributed by atoms with E-state index in [-0.39, 0.29) is 5.56 Å². The molecule has 0 atom stereocenters. The van der Waals surface area contributed by atoms with Crippen molar-refractivity contribution in [2.24, 2.45) is 0 Å². The molecule has 1 N–H and O–H groups in total. The topological polar surface area (TPSA) is 55.0 Å². The van der Waals surface area contributed by atoms with Crippen molar-refractivity contribution in [1.29, 1.82) is 0 Å². The third-order valence-corrected chi connectivity index (χ3v) is 5.86. The van der Waals surface area contributed by atoms with Crippen LogP contribution in [0.1, 0.15) is 43.0 Å². The molecule has 4 nitrogen and oxygen atoms in total. The minimum atomic E-state index is -0.00860. The van der Waals surface area contributed by atoms with Crippen LogP contribution in [-0.2, 0) is 12.8 Å². The molecule has 130 valence electrons. The lowest BCUT2D eigenvalue weighted by atomic mass is 10.1. The van der Waals surface area contributed by atoms with Crippen molar-refractivity contribution in [3.05, 3.63) is 45.1 Å². The second-order valence-corrected chi connectivity index (χ2v) is 7.62. The van der Waals surface area contributed by atoms with Gasteiger partial charge in [0.25, 0.3) is 5.56 Å². The zero-order valence-corrected chi connectivity index (χ0v) is 15.2. The van der Waals surface area contributed by atoms with Crippen molar-refractivity contribution < 1.29 is 4.74 Å². The van der Waals surface area contributed by atoms with Crippen LogP contribution in [0.4, 0.5) is 0 Å². The Hall–Kier alpha value is -2.14. The number of nitrogens with zero attached hydrogens (tertiary/aromatic N) is 1. The number of aromatic amines is 1. The summed E-state index contributed by atoms with van der Waals surface area (Å²) in [7, 11) is 0. The molecule has 0 radical (unpaired) electrons. The molecule has 0 fully saturated rings. The van der Waals surface area contributed by atoms with E-state index in [1.165, 1.54) is 29.7 Å². The smallest absolute Gasteiger partial charge is 0.260 e. The third kappa shape index (κ3) is 3.21. The molecule has 25 heavy (non-hydrogen) atoms. The molecule has 0 saturated heterocycles. The Kier molecular flexibility index (Phi) is 4.57. The summed E-state index contributed by atoms with van der Waals surface area (Å²) in [5, 5.41) is 0.813. The molecule has 0 aliphatic heterocycles. The number of aromatic nitrogens is 2. The van der Waals surface area contributed by atoms with E-state index in [9.17, 15) is 4.79 Å². The van der Waals surface area contributed by atoms with Crippen LogP contribution in [0.2, 0.25) is 0 Å². The van der Waals surface area contributed by atoms with Crippen LogP contribution in [0.3, 0.4) is 0 Å². The number of rotatable bonds is 4. The number of fused-ring (bicyclic) bond motifs is 3. The maximum absolute atomic E-state index is 12.7. The first-order valence-corrected chi connectivity index (χ1v) is 9.85. The molecule has 0 unspecified atom stereocenters. The Balaban J connectivity index is 1.72. The second-order valence-electron chi connectivity index (χ2n) is 6.53. The minimum absolute atomic E-state index is 0.00860. The summed E-state index contributed by atoms with van der Waals surface area (Å²) in [6.45, 7) is 2.79. The van der Waals surface area contributed by atoms with Gasteiger partial charge in [-0.3, -0.25) is 4.79 Å². The number of nitrogens with one attached hydrogen (secondary N) is 1. The van der Waals surface area contributed by atoms with E-state index in [0.717, 1.165) is 40.8 Å². The quantitative estimate of drug-likeness (QED) is 0.690. The first-order chi connectivity index (χ1) is 12.3. The van der Waals surface area contributed by atoms with Gasteiger partial charge in [0.1, 0.15) is 16.4 Å². The molecular weight excluding hydrogens is 332 g/mol. The lowest BCUT2D eigenvalue weighted by Gasteiger charge is -2.06. The lowest BCUT2D eigenvalue weighted by molar-refractivity contribution is 0.317. The van der Waals surface area contributed by atoms with Gasteiger partial charge in [0, 0.05) is 10.4 Å². The molecule has 1 aliphatic rings. The van der Waals surface area contributed by atoms with Gasteiger partial charge in [0.2, 0.25) is 0 Å². The van der Waals surface area contributed by atoms with Gasteiger partial charge in [-0.15, -0.1) is 11.3 Å². The number of thiophene rings is 1.